The molecule has 0 radical (unpaired) electrons. The topological polar surface area (TPSA) is 102 Å². The molecule has 0 saturated heterocycles. The SMILES string of the molecule is CC/C=C\C/C=C\C/C=C\C/C=C\CCCCCCC(=O)OC(COCCC(C(=O)[O-])[N+](C)(C)C)COC(=O)CCCCCCCCCCCCCCCCCCCCC. The van der Waals surface area contributed by atoms with E-state index >= 15 is 0 Å². The van der Waals surface area contributed by atoms with E-state index in [0.717, 1.165) is 77.0 Å². The Morgan fingerprint density at radius 2 is 0.933 bits per heavy atom. The van der Waals surface area contributed by atoms with Gasteiger partial charge in [-0.25, -0.2) is 0 Å². The van der Waals surface area contributed by atoms with Gasteiger partial charge in [0.05, 0.1) is 40.3 Å². The number of allylic oxidation sites excluding steroid dienone is 8. The van der Waals surface area contributed by atoms with Crippen LogP contribution in [0.5, 0.6) is 0 Å². The first kappa shape index (κ1) is 57.3. The minimum atomic E-state index is -1.13. The van der Waals surface area contributed by atoms with Gasteiger partial charge in [-0.2, -0.15) is 0 Å². The normalized spacial score (nSPS) is 13.3. The van der Waals surface area contributed by atoms with Gasteiger partial charge in [0.25, 0.3) is 0 Å². The van der Waals surface area contributed by atoms with Crippen LogP contribution in [-0.4, -0.2) is 75.5 Å². The van der Waals surface area contributed by atoms with E-state index in [1.807, 2.05) is 0 Å². The summed E-state index contributed by atoms with van der Waals surface area (Å²) in [5, 5.41) is 11.6. The second-order valence-electron chi connectivity index (χ2n) is 17.7. The third kappa shape index (κ3) is 40.7. The van der Waals surface area contributed by atoms with Gasteiger partial charge in [-0.15, -0.1) is 0 Å². The molecule has 0 saturated carbocycles. The molecule has 0 aromatic carbocycles. The Kier molecular flexibility index (Phi) is 41.0. The zero-order valence-corrected chi connectivity index (χ0v) is 39.6. The lowest BCUT2D eigenvalue weighted by atomic mass is 10.0. The monoisotopic (exact) mass is 844 g/mol. The Morgan fingerprint density at radius 1 is 0.517 bits per heavy atom. The molecular formula is C52H93NO7. The number of likely N-dealkylation sites (N-methyl/N-ethyl adjacent to an activating group) is 1. The quantitative estimate of drug-likeness (QED) is 0.0260. The van der Waals surface area contributed by atoms with Gasteiger partial charge in [0.1, 0.15) is 12.6 Å². The number of unbranched alkanes of at least 4 members (excludes halogenated alkanes) is 22. The Bertz CT molecular complexity index is 1120. The number of carbonyl (C=O) groups excluding carboxylic acids is 3. The maximum absolute atomic E-state index is 12.7. The van der Waals surface area contributed by atoms with Crippen molar-refractivity contribution in [2.24, 2.45) is 0 Å². The number of aliphatic carboxylic acids is 1. The largest absolute Gasteiger partial charge is 0.544 e. The first-order valence-electron chi connectivity index (χ1n) is 24.7. The standard InChI is InChI=1S/C52H93NO7/c1-6-8-10-12-14-16-18-20-22-24-25-27-28-30-32-34-36-38-40-42-50(54)59-47-48(46-58-45-44-49(52(56)57)53(3,4)5)60-51(55)43-41-39-37-35-33-31-29-26-23-21-19-17-15-13-11-9-7-2/h9,11,15,17,21,23,29,31,48-49H,6-8,10,12-14,16,18-20,22,24-28,30,32-47H2,1-5H3/b11-9-,17-15-,23-21-,31-29-. The summed E-state index contributed by atoms with van der Waals surface area (Å²) in [6.45, 7) is 4.55. The molecule has 8 nitrogen and oxygen atoms in total. The highest BCUT2D eigenvalue weighted by molar-refractivity contribution is 5.70. The van der Waals surface area contributed by atoms with E-state index in [2.05, 4.69) is 62.5 Å². The van der Waals surface area contributed by atoms with E-state index in [1.165, 1.54) is 103 Å². The van der Waals surface area contributed by atoms with E-state index in [0.29, 0.717) is 12.8 Å². The smallest absolute Gasteiger partial charge is 0.306 e. The molecule has 2 atom stereocenters. The van der Waals surface area contributed by atoms with Crippen molar-refractivity contribution in [1.29, 1.82) is 0 Å². The molecule has 60 heavy (non-hydrogen) atoms. The summed E-state index contributed by atoms with van der Waals surface area (Å²) in [6.07, 6.45) is 51.4. The highest BCUT2D eigenvalue weighted by Gasteiger charge is 2.25. The highest BCUT2D eigenvalue weighted by atomic mass is 16.6. The van der Waals surface area contributed by atoms with Gasteiger partial charge in [0.2, 0.25) is 0 Å². The van der Waals surface area contributed by atoms with Crippen LogP contribution in [0.3, 0.4) is 0 Å². The van der Waals surface area contributed by atoms with Crippen LogP contribution in [-0.2, 0) is 28.6 Å². The van der Waals surface area contributed by atoms with Crippen molar-refractivity contribution in [3.8, 4) is 0 Å². The number of carboxylic acids is 1. The van der Waals surface area contributed by atoms with Gasteiger partial charge in [0, 0.05) is 19.3 Å². The third-order valence-electron chi connectivity index (χ3n) is 11.0. The number of hydrogen-bond donors (Lipinski definition) is 0. The lowest BCUT2D eigenvalue weighted by Gasteiger charge is -2.34. The van der Waals surface area contributed by atoms with Gasteiger partial charge in [-0.1, -0.05) is 191 Å². The summed E-state index contributed by atoms with van der Waals surface area (Å²) >= 11 is 0. The molecule has 0 aliphatic heterocycles. The number of ether oxygens (including phenoxy) is 3. The molecule has 0 amide bonds. The molecule has 0 aromatic heterocycles. The molecule has 0 N–H and O–H groups in total. The fourth-order valence-corrected chi connectivity index (χ4v) is 7.18. The fraction of sp³-hybridized carbons (Fsp3) is 0.788. The van der Waals surface area contributed by atoms with Crippen LogP contribution < -0.4 is 5.11 Å². The Labute approximate surface area is 369 Å². The molecule has 0 spiro atoms. The molecule has 8 heteroatoms. The van der Waals surface area contributed by atoms with Gasteiger partial charge < -0.3 is 28.6 Å². The molecule has 0 heterocycles. The van der Waals surface area contributed by atoms with Crippen molar-refractivity contribution in [3.05, 3.63) is 48.6 Å². The maximum atomic E-state index is 12.7. The molecule has 0 aliphatic rings. The van der Waals surface area contributed by atoms with Gasteiger partial charge in [-0.05, 0) is 51.4 Å². The molecular weight excluding hydrogens is 751 g/mol. The average Bonchev–Trinajstić information content (AvgIpc) is 3.21. The van der Waals surface area contributed by atoms with Crippen molar-refractivity contribution in [1.82, 2.24) is 0 Å². The molecule has 0 aliphatic carbocycles. The number of quaternary nitrogens is 1. The second kappa shape index (κ2) is 43.0. The lowest BCUT2D eigenvalue weighted by Crippen LogP contribution is -2.55. The zero-order chi connectivity index (χ0) is 44.2. The third-order valence-corrected chi connectivity index (χ3v) is 11.0. The second-order valence-corrected chi connectivity index (χ2v) is 17.7. The Balaban J connectivity index is 4.29. The number of rotatable bonds is 44. The van der Waals surface area contributed by atoms with Crippen LogP contribution >= 0.6 is 0 Å². The predicted octanol–water partition coefficient (Wildman–Crippen LogP) is 12.6. The Hall–Kier alpha value is -2.71. The number of nitrogens with zero attached hydrogens (tertiary/aromatic N) is 1. The summed E-state index contributed by atoms with van der Waals surface area (Å²) in [5.74, 6) is -1.76. The van der Waals surface area contributed by atoms with E-state index in [9.17, 15) is 19.5 Å². The van der Waals surface area contributed by atoms with E-state index in [4.69, 9.17) is 14.2 Å². The molecule has 0 bridgehead atoms. The van der Waals surface area contributed by atoms with Crippen LogP contribution in [0, 0.1) is 0 Å². The number of carbonyl (C=O) groups is 3. The zero-order valence-electron chi connectivity index (χ0n) is 39.6. The summed E-state index contributed by atoms with van der Waals surface area (Å²) in [4.78, 5) is 37.0. The summed E-state index contributed by atoms with van der Waals surface area (Å²) < 4.78 is 17.2. The summed E-state index contributed by atoms with van der Waals surface area (Å²) in [5.41, 5.74) is 0. The van der Waals surface area contributed by atoms with Crippen molar-refractivity contribution < 1.29 is 38.2 Å². The highest BCUT2D eigenvalue weighted by Crippen LogP contribution is 2.16. The number of hydrogen-bond acceptors (Lipinski definition) is 7. The van der Waals surface area contributed by atoms with Gasteiger partial charge in [0.15, 0.2) is 6.10 Å². The molecule has 0 aromatic rings. The van der Waals surface area contributed by atoms with Crippen LogP contribution in [0.2, 0.25) is 0 Å². The molecule has 2 unspecified atom stereocenters. The van der Waals surface area contributed by atoms with Crippen LogP contribution in [0.1, 0.15) is 213 Å². The van der Waals surface area contributed by atoms with E-state index in [1.54, 1.807) is 21.1 Å². The first-order valence-corrected chi connectivity index (χ1v) is 24.7. The van der Waals surface area contributed by atoms with Crippen molar-refractivity contribution in [2.45, 2.75) is 225 Å². The summed E-state index contributed by atoms with van der Waals surface area (Å²) in [7, 11) is 5.40. The maximum Gasteiger partial charge on any atom is 0.306 e. The Morgan fingerprint density at radius 3 is 1.38 bits per heavy atom. The molecule has 348 valence electrons. The molecule has 0 fully saturated rings. The van der Waals surface area contributed by atoms with Crippen LogP contribution in [0.15, 0.2) is 48.6 Å². The van der Waals surface area contributed by atoms with E-state index < -0.39 is 18.1 Å². The van der Waals surface area contributed by atoms with Gasteiger partial charge in [-0.3, -0.25) is 9.59 Å². The average molecular weight is 844 g/mol. The van der Waals surface area contributed by atoms with Crippen molar-refractivity contribution >= 4 is 17.9 Å². The number of carboxylic acid groups (broad SMARTS) is 1. The van der Waals surface area contributed by atoms with Crippen LogP contribution in [0.4, 0.5) is 0 Å². The fourth-order valence-electron chi connectivity index (χ4n) is 7.18. The van der Waals surface area contributed by atoms with E-state index in [-0.39, 0.29) is 42.7 Å². The lowest BCUT2D eigenvalue weighted by molar-refractivity contribution is -0.889. The van der Waals surface area contributed by atoms with Gasteiger partial charge >= 0.3 is 11.9 Å². The van der Waals surface area contributed by atoms with Crippen molar-refractivity contribution in [2.75, 3.05) is 41.0 Å². The van der Waals surface area contributed by atoms with Crippen LogP contribution in [0.25, 0.3) is 0 Å². The van der Waals surface area contributed by atoms with Crippen molar-refractivity contribution in [3.63, 3.8) is 0 Å². The minimum Gasteiger partial charge on any atom is -0.544 e. The molecule has 0 rings (SSSR count). The minimum absolute atomic E-state index is 0.0318. The first-order chi connectivity index (χ1) is 29.1. The summed E-state index contributed by atoms with van der Waals surface area (Å²) in [6, 6.07) is -0.731. The predicted molar refractivity (Wildman–Crippen MR) is 250 cm³/mol. The number of esters is 2.